The third kappa shape index (κ3) is 4.47. The van der Waals surface area contributed by atoms with Gasteiger partial charge in [-0.2, -0.15) is 0 Å². The van der Waals surface area contributed by atoms with E-state index in [0.29, 0.717) is 29.5 Å². The minimum Gasteiger partial charge on any atom is -0.507 e. The van der Waals surface area contributed by atoms with Gasteiger partial charge in [0.1, 0.15) is 11.5 Å². The lowest BCUT2D eigenvalue weighted by atomic mass is 9.93. The van der Waals surface area contributed by atoms with Gasteiger partial charge in [-0.15, -0.1) is 0 Å². The number of benzene rings is 3. The number of H-pyrrole nitrogens is 1. The maximum absolute atomic E-state index is 13.7. The Hall–Kier alpha value is -4.32. The molecular formula is C32H32N2O4. The third-order valence-electron chi connectivity index (χ3n) is 6.84. The van der Waals surface area contributed by atoms with Crippen molar-refractivity contribution < 1.29 is 19.4 Å². The number of aromatic nitrogens is 1. The molecule has 6 heteroatoms. The predicted molar refractivity (Wildman–Crippen MR) is 151 cm³/mol. The van der Waals surface area contributed by atoms with E-state index in [1.807, 2.05) is 69.3 Å². The molecule has 4 aromatic rings. The summed E-state index contributed by atoms with van der Waals surface area (Å²) in [6, 6.07) is 19.8. The number of hydrogen-bond donors (Lipinski definition) is 2. The maximum atomic E-state index is 13.7. The summed E-state index contributed by atoms with van der Waals surface area (Å²) in [5.74, 6) is -0.686. The zero-order chi connectivity index (χ0) is 27.1. The third-order valence-corrected chi connectivity index (χ3v) is 6.84. The minimum atomic E-state index is -0.812. The van der Waals surface area contributed by atoms with Crippen molar-refractivity contribution in [3.05, 3.63) is 100 Å². The molecule has 6 nitrogen and oxygen atoms in total. The molecule has 2 heterocycles. The molecule has 0 spiro atoms. The number of para-hydroxylation sites is 1. The van der Waals surface area contributed by atoms with Gasteiger partial charge in [-0.1, -0.05) is 50.2 Å². The number of ether oxygens (including phenoxy) is 1. The Morgan fingerprint density at radius 2 is 1.68 bits per heavy atom. The number of ketones is 1. The van der Waals surface area contributed by atoms with Gasteiger partial charge in [0.05, 0.1) is 18.2 Å². The Bertz CT molecular complexity index is 1570. The molecule has 0 aliphatic carbocycles. The van der Waals surface area contributed by atoms with Crippen LogP contribution < -0.4 is 9.64 Å². The van der Waals surface area contributed by atoms with Crippen molar-refractivity contribution in [1.82, 2.24) is 4.98 Å². The van der Waals surface area contributed by atoms with Crippen LogP contribution in [0, 0.1) is 26.7 Å². The molecular weight excluding hydrogens is 476 g/mol. The van der Waals surface area contributed by atoms with Crippen molar-refractivity contribution >= 4 is 34.0 Å². The van der Waals surface area contributed by atoms with Crippen LogP contribution in [0.25, 0.3) is 16.7 Å². The van der Waals surface area contributed by atoms with Gasteiger partial charge < -0.3 is 14.8 Å². The molecule has 194 valence electrons. The standard InChI is InChI=1S/C32H32N2O4/c1-18(2)17-38-24-10-8-9-22(16-24)30(35)28-29(27-21(5)33-26-12-7-6-11-25(26)27)34(32(37)31(28)36)23-14-19(3)13-20(4)15-23/h6-16,18,29,33,35H,17H2,1-5H3/b30-28+. The summed E-state index contributed by atoms with van der Waals surface area (Å²) in [4.78, 5) is 32.3. The highest BCUT2D eigenvalue weighted by atomic mass is 16.5. The summed E-state index contributed by atoms with van der Waals surface area (Å²) in [5.41, 5.74) is 5.57. The highest BCUT2D eigenvalue weighted by Crippen LogP contribution is 2.46. The van der Waals surface area contributed by atoms with Crippen LogP contribution >= 0.6 is 0 Å². The van der Waals surface area contributed by atoms with Crippen LogP contribution in [0.1, 0.15) is 47.8 Å². The number of aromatic amines is 1. The summed E-state index contributed by atoms with van der Waals surface area (Å²) in [7, 11) is 0. The summed E-state index contributed by atoms with van der Waals surface area (Å²) >= 11 is 0. The monoisotopic (exact) mass is 508 g/mol. The maximum Gasteiger partial charge on any atom is 0.300 e. The van der Waals surface area contributed by atoms with E-state index in [-0.39, 0.29) is 11.3 Å². The van der Waals surface area contributed by atoms with Gasteiger partial charge in [-0.3, -0.25) is 14.5 Å². The molecule has 0 bridgehead atoms. The molecule has 5 rings (SSSR count). The van der Waals surface area contributed by atoms with Crippen molar-refractivity contribution in [2.75, 3.05) is 11.5 Å². The largest absolute Gasteiger partial charge is 0.507 e. The molecule has 3 aromatic carbocycles. The van der Waals surface area contributed by atoms with Gasteiger partial charge in [0.25, 0.3) is 11.7 Å². The second-order valence-corrected chi connectivity index (χ2v) is 10.5. The number of aliphatic hydroxyl groups excluding tert-OH is 1. The average molecular weight is 509 g/mol. The molecule has 1 unspecified atom stereocenters. The van der Waals surface area contributed by atoms with Crippen LogP contribution in [0.5, 0.6) is 5.75 Å². The smallest absolute Gasteiger partial charge is 0.300 e. The van der Waals surface area contributed by atoms with Gasteiger partial charge in [0.15, 0.2) is 0 Å². The van der Waals surface area contributed by atoms with E-state index in [0.717, 1.165) is 33.3 Å². The molecule has 2 N–H and O–H groups in total. The van der Waals surface area contributed by atoms with E-state index in [1.54, 1.807) is 18.2 Å². The fourth-order valence-electron chi connectivity index (χ4n) is 5.26. The lowest BCUT2D eigenvalue weighted by Gasteiger charge is -2.26. The number of Topliss-reactive ketones (excluding diaryl/α,β-unsaturated/α-hetero) is 1. The Labute approximate surface area is 222 Å². The highest BCUT2D eigenvalue weighted by Gasteiger charge is 2.48. The van der Waals surface area contributed by atoms with Gasteiger partial charge in [0, 0.05) is 33.4 Å². The van der Waals surface area contributed by atoms with Gasteiger partial charge >= 0.3 is 0 Å². The second kappa shape index (κ2) is 9.86. The summed E-state index contributed by atoms with van der Waals surface area (Å²) in [5, 5.41) is 12.5. The summed E-state index contributed by atoms with van der Waals surface area (Å²) in [6.45, 7) is 10.5. The van der Waals surface area contributed by atoms with E-state index >= 15 is 0 Å². The molecule has 1 fully saturated rings. The Kier molecular flexibility index (Phi) is 6.57. The second-order valence-electron chi connectivity index (χ2n) is 10.5. The number of nitrogens with one attached hydrogen (secondary N) is 1. The zero-order valence-corrected chi connectivity index (χ0v) is 22.3. The van der Waals surface area contributed by atoms with E-state index in [2.05, 4.69) is 18.8 Å². The van der Waals surface area contributed by atoms with Crippen molar-refractivity contribution in [3.8, 4) is 5.75 Å². The average Bonchev–Trinajstić information content (AvgIpc) is 3.34. The van der Waals surface area contributed by atoms with E-state index in [4.69, 9.17) is 4.74 Å². The van der Waals surface area contributed by atoms with Crippen LogP contribution in [0.2, 0.25) is 0 Å². The number of hydrogen-bond acceptors (Lipinski definition) is 4. The topological polar surface area (TPSA) is 82.6 Å². The number of rotatable bonds is 6. The molecule has 1 aliphatic heterocycles. The van der Waals surface area contributed by atoms with E-state index in [1.165, 1.54) is 4.90 Å². The number of amides is 1. The Balaban J connectivity index is 1.75. The lowest BCUT2D eigenvalue weighted by Crippen LogP contribution is -2.29. The molecule has 1 aromatic heterocycles. The summed E-state index contributed by atoms with van der Waals surface area (Å²) in [6.07, 6.45) is 0. The molecule has 0 radical (unpaired) electrons. The Morgan fingerprint density at radius 3 is 2.39 bits per heavy atom. The van der Waals surface area contributed by atoms with Crippen molar-refractivity contribution in [2.45, 2.75) is 40.7 Å². The highest BCUT2D eigenvalue weighted by molar-refractivity contribution is 6.52. The lowest BCUT2D eigenvalue weighted by molar-refractivity contribution is -0.132. The molecule has 1 saturated heterocycles. The SMILES string of the molecule is Cc1cc(C)cc(N2C(=O)C(=O)/C(=C(/O)c3cccc(OCC(C)C)c3)C2c2c(C)[nH]c3ccccc23)c1. The van der Waals surface area contributed by atoms with Crippen LogP contribution in [0.15, 0.2) is 72.3 Å². The van der Waals surface area contributed by atoms with Crippen LogP contribution in [0.3, 0.4) is 0 Å². The van der Waals surface area contributed by atoms with Crippen LogP contribution in [-0.2, 0) is 9.59 Å². The quantitative estimate of drug-likeness (QED) is 0.171. The van der Waals surface area contributed by atoms with Crippen molar-refractivity contribution in [3.63, 3.8) is 0 Å². The molecule has 1 atom stereocenters. The number of fused-ring (bicyclic) bond motifs is 1. The molecule has 38 heavy (non-hydrogen) atoms. The zero-order valence-electron chi connectivity index (χ0n) is 22.3. The van der Waals surface area contributed by atoms with Gasteiger partial charge in [-0.05, 0) is 68.1 Å². The molecule has 1 amide bonds. The normalized spacial score (nSPS) is 17.1. The number of anilines is 1. The van der Waals surface area contributed by atoms with E-state index < -0.39 is 17.7 Å². The first kappa shape index (κ1) is 25.3. The van der Waals surface area contributed by atoms with Crippen molar-refractivity contribution in [1.29, 1.82) is 0 Å². The number of carbonyl (C=O) groups excluding carboxylic acids is 2. The Morgan fingerprint density at radius 1 is 0.974 bits per heavy atom. The first-order chi connectivity index (χ1) is 18.2. The number of aryl methyl sites for hydroxylation is 3. The minimum absolute atomic E-state index is 0.0584. The molecule has 0 saturated carbocycles. The number of carbonyl (C=O) groups is 2. The fraction of sp³-hybridized carbons (Fsp3) is 0.250. The number of aliphatic hydroxyl groups is 1. The number of nitrogens with zero attached hydrogens (tertiary/aromatic N) is 1. The van der Waals surface area contributed by atoms with Crippen LogP contribution in [0.4, 0.5) is 5.69 Å². The fourth-order valence-corrected chi connectivity index (χ4v) is 5.26. The van der Waals surface area contributed by atoms with Gasteiger partial charge in [-0.25, -0.2) is 0 Å². The summed E-state index contributed by atoms with van der Waals surface area (Å²) < 4.78 is 5.86. The first-order valence-electron chi connectivity index (χ1n) is 12.9. The molecule has 1 aliphatic rings. The predicted octanol–water partition coefficient (Wildman–Crippen LogP) is 6.75. The van der Waals surface area contributed by atoms with Crippen LogP contribution in [-0.4, -0.2) is 28.4 Å². The van der Waals surface area contributed by atoms with Crippen molar-refractivity contribution in [2.24, 2.45) is 5.92 Å². The van der Waals surface area contributed by atoms with Gasteiger partial charge in [0.2, 0.25) is 0 Å². The van der Waals surface area contributed by atoms with E-state index in [9.17, 15) is 14.7 Å². The first-order valence-corrected chi connectivity index (χ1v) is 12.9.